The minimum absolute atomic E-state index is 0.234. The van der Waals surface area contributed by atoms with Gasteiger partial charge in [-0.1, -0.05) is 6.07 Å². The van der Waals surface area contributed by atoms with Gasteiger partial charge in [-0.05, 0) is 28.1 Å². The number of phenols is 1. The van der Waals surface area contributed by atoms with Gasteiger partial charge < -0.3 is 15.3 Å². The van der Waals surface area contributed by atoms with E-state index in [-0.39, 0.29) is 5.75 Å². The number of hydrogen-bond donors (Lipinski definition) is 3. The summed E-state index contributed by atoms with van der Waals surface area (Å²) < 4.78 is 0.684. The number of rotatable bonds is 2. The average Bonchev–Trinajstić information content (AvgIpc) is 2.92. The summed E-state index contributed by atoms with van der Waals surface area (Å²) >= 11 is 3.32. The van der Waals surface area contributed by atoms with Crippen LogP contribution in [-0.4, -0.2) is 41.5 Å². The third kappa shape index (κ3) is 2.46. The van der Waals surface area contributed by atoms with Gasteiger partial charge in [0.25, 0.3) is 0 Å². The monoisotopic (exact) mass is 322 g/mol. The van der Waals surface area contributed by atoms with Crippen LogP contribution in [0.4, 0.5) is 5.82 Å². The first kappa shape index (κ1) is 12.5. The number of halogens is 1. The van der Waals surface area contributed by atoms with Crippen LogP contribution < -0.4 is 10.2 Å². The van der Waals surface area contributed by atoms with Gasteiger partial charge in [-0.2, -0.15) is 5.10 Å². The van der Waals surface area contributed by atoms with Crippen molar-refractivity contribution in [2.45, 2.75) is 0 Å². The number of aromatic amines is 1. The highest BCUT2D eigenvalue weighted by molar-refractivity contribution is 9.10. The maximum atomic E-state index is 10.1. The molecule has 1 aliphatic heterocycles. The molecule has 1 aliphatic rings. The summed E-state index contributed by atoms with van der Waals surface area (Å²) in [4.78, 5) is 2.23. The standard InChI is InChI=1S/C13H15BrN4O/c14-10-3-1-2-9(13(10)19)11-8-12(17-16-11)18-6-4-15-5-7-18/h1-3,8,15,19H,4-7H2,(H,16,17). The molecule has 100 valence electrons. The van der Waals surface area contributed by atoms with E-state index < -0.39 is 0 Å². The molecule has 1 aromatic carbocycles. The van der Waals surface area contributed by atoms with Crippen molar-refractivity contribution in [1.82, 2.24) is 15.5 Å². The van der Waals surface area contributed by atoms with Crippen LogP contribution in [0.25, 0.3) is 11.3 Å². The van der Waals surface area contributed by atoms with Gasteiger partial charge in [-0.15, -0.1) is 0 Å². The number of hydrogen-bond acceptors (Lipinski definition) is 4. The van der Waals surface area contributed by atoms with E-state index in [9.17, 15) is 5.11 Å². The Labute approximate surface area is 119 Å². The van der Waals surface area contributed by atoms with Gasteiger partial charge in [0.2, 0.25) is 0 Å². The highest BCUT2D eigenvalue weighted by atomic mass is 79.9. The highest BCUT2D eigenvalue weighted by Gasteiger charge is 2.15. The largest absolute Gasteiger partial charge is 0.506 e. The van der Waals surface area contributed by atoms with Gasteiger partial charge >= 0.3 is 0 Å². The molecule has 0 aliphatic carbocycles. The van der Waals surface area contributed by atoms with Crippen LogP contribution in [0.2, 0.25) is 0 Å². The Morgan fingerprint density at radius 3 is 2.84 bits per heavy atom. The predicted molar refractivity (Wildman–Crippen MR) is 78.5 cm³/mol. The molecule has 19 heavy (non-hydrogen) atoms. The van der Waals surface area contributed by atoms with Gasteiger partial charge in [-0.3, -0.25) is 5.10 Å². The van der Waals surface area contributed by atoms with Crippen LogP contribution in [0.5, 0.6) is 5.75 Å². The fourth-order valence-electron chi connectivity index (χ4n) is 2.24. The summed E-state index contributed by atoms with van der Waals surface area (Å²) in [5.41, 5.74) is 1.58. The third-order valence-corrected chi connectivity index (χ3v) is 3.92. The van der Waals surface area contributed by atoms with Crippen molar-refractivity contribution in [3.05, 3.63) is 28.7 Å². The minimum atomic E-state index is 0.234. The smallest absolute Gasteiger partial charge is 0.151 e. The third-order valence-electron chi connectivity index (χ3n) is 3.28. The van der Waals surface area contributed by atoms with Gasteiger partial charge in [0.15, 0.2) is 5.82 Å². The van der Waals surface area contributed by atoms with Crippen LogP contribution in [0.15, 0.2) is 28.7 Å². The summed E-state index contributed by atoms with van der Waals surface area (Å²) in [5, 5.41) is 20.7. The van der Waals surface area contributed by atoms with E-state index in [1.54, 1.807) is 0 Å². The average molecular weight is 323 g/mol. The predicted octanol–water partition coefficient (Wildman–Crippen LogP) is 1.95. The van der Waals surface area contributed by atoms with Crippen molar-refractivity contribution in [1.29, 1.82) is 0 Å². The van der Waals surface area contributed by atoms with Gasteiger partial charge in [0, 0.05) is 37.8 Å². The summed E-state index contributed by atoms with van der Waals surface area (Å²) in [6.07, 6.45) is 0. The summed E-state index contributed by atoms with van der Waals surface area (Å²) in [6.45, 7) is 3.86. The second kappa shape index (κ2) is 5.22. The quantitative estimate of drug-likeness (QED) is 0.790. The van der Waals surface area contributed by atoms with Crippen molar-refractivity contribution >= 4 is 21.7 Å². The number of anilines is 1. The molecule has 3 rings (SSSR count). The Balaban J connectivity index is 1.90. The molecule has 1 saturated heterocycles. The van der Waals surface area contributed by atoms with Crippen molar-refractivity contribution in [2.75, 3.05) is 31.1 Å². The Morgan fingerprint density at radius 2 is 2.05 bits per heavy atom. The van der Waals surface area contributed by atoms with Crippen LogP contribution in [-0.2, 0) is 0 Å². The number of nitrogens with zero attached hydrogens (tertiary/aromatic N) is 2. The molecule has 3 N–H and O–H groups in total. The number of para-hydroxylation sites is 1. The molecule has 0 atom stereocenters. The van der Waals surface area contributed by atoms with Crippen LogP contribution >= 0.6 is 15.9 Å². The van der Waals surface area contributed by atoms with Crippen LogP contribution in [0.3, 0.4) is 0 Å². The Bertz CT molecular complexity index is 578. The van der Waals surface area contributed by atoms with E-state index in [1.165, 1.54) is 0 Å². The number of phenolic OH excluding ortho intramolecular Hbond substituents is 1. The molecule has 1 aromatic heterocycles. The first-order valence-corrected chi connectivity index (χ1v) is 7.04. The van der Waals surface area contributed by atoms with Gasteiger partial charge in [0.05, 0.1) is 10.2 Å². The molecule has 0 amide bonds. The molecule has 0 saturated carbocycles. The number of nitrogens with one attached hydrogen (secondary N) is 2. The molecule has 2 aromatic rings. The lowest BCUT2D eigenvalue weighted by Crippen LogP contribution is -2.43. The number of H-pyrrole nitrogens is 1. The van der Waals surface area contributed by atoms with Crippen molar-refractivity contribution < 1.29 is 5.11 Å². The maximum absolute atomic E-state index is 10.1. The lowest BCUT2D eigenvalue weighted by molar-refractivity contribution is 0.474. The lowest BCUT2D eigenvalue weighted by Gasteiger charge is -2.26. The van der Waals surface area contributed by atoms with E-state index >= 15 is 0 Å². The molecule has 2 heterocycles. The summed E-state index contributed by atoms with van der Waals surface area (Å²) in [5.74, 6) is 1.16. The molecule has 1 fully saturated rings. The number of aromatic nitrogens is 2. The van der Waals surface area contributed by atoms with Crippen molar-refractivity contribution in [3.63, 3.8) is 0 Å². The van der Waals surface area contributed by atoms with E-state index in [1.807, 2.05) is 24.3 Å². The van der Waals surface area contributed by atoms with E-state index in [2.05, 4.69) is 36.3 Å². The lowest BCUT2D eigenvalue weighted by atomic mass is 10.1. The highest BCUT2D eigenvalue weighted by Crippen LogP contribution is 2.35. The first-order valence-electron chi connectivity index (χ1n) is 6.24. The Kier molecular flexibility index (Phi) is 3.44. The molecule has 0 spiro atoms. The molecule has 0 unspecified atom stereocenters. The zero-order valence-corrected chi connectivity index (χ0v) is 11.9. The Hall–Kier alpha value is -1.53. The van der Waals surface area contributed by atoms with Gasteiger partial charge in [-0.25, -0.2) is 0 Å². The first-order chi connectivity index (χ1) is 9.25. The SMILES string of the molecule is Oc1c(Br)cccc1-c1cc(N2CCNCC2)n[nH]1. The number of benzene rings is 1. The van der Waals surface area contributed by atoms with E-state index in [0.717, 1.165) is 43.3 Å². The zero-order valence-electron chi connectivity index (χ0n) is 10.4. The zero-order chi connectivity index (χ0) is 13.2. The van der Waals surface area contributed by atoms with Crippen molar-refractivity contribution in [2.24, 2.45) is 0 Å². The normalized spacial score (nSPS) is 15.7. The Morgan fingerprint density at radius 1 is 1.26 bits per heavy atom. The summed E-state index contributed by atoms with van der Waals surface area (Å²) in [7, 11) is 0. The second-order valence-electron chi connectivity index (χ2n) is 4.51. The van der Waals surface area contributed by atoms with Gasteiger partial charge in [0.1, 0.15) is 5.75 Å². The molecular weight excluding hydrogens is 308 g/mol. The fraction of sp³-hybridized carbons (Fsp3) is 0.308. The second-order valence-corrected chi connectivity index (χ2v) is 5.37. The maximum Gasteiger partial charge on any atom is 0.151 e. The number of aromatic hydroxyl groups is 1. The fourth-order valence-corrected chi connectivity index (χ4v) is 2.60. The molecule has 5 nitrogen and oxygen atoms in total. The van der Waals surface area contributed by atoms with E-state index in [4.69, 9.17) is 0 Å². The van der Waals surface area contributed by atoms with Crippen molar-refractivity contribution in [3.8, 4) is 17.0 Å². The number of piperazine rings is 1. The molecule has 0 bridgehead atoms. The molecule has 0 radical (unpaired) electrons. The topological polar surface area (TPSA) is 64.2 Å². The minimum Gasteiger partial charge on any atom is -0.506 e. The molecule has 6 heteroatoms. The summed E-state index contributed by atoms with van der Waals surface area (Å²) in [6, 6.07) is 7.55. The van der Waals surface area contributed by atoms with Crippen LogP contribution in [0.1, 0.15) is 0 Å². The molecular formula is C13H15BrN4O. The van der Waals surface area contributed by atoms with Crippen LogP contribution in [0, 0.1) is 0 Å². The van der Waals surface area contributed by atoms with E-state index in [0.29, 0.717) is 4.47 Å².